The van der Waals surface area contributed by atoms with Crippen molar-refractivity contribution in [1.29, 1.82) is 0 Å². The summed E-state index contributed by atoms with van der Waals surface area (Å²) < 4.78 is 251. The highest BCUT2D eigenvalue weighted by atomic mass is 14.2. The average Bonchev–Trinajstić information content (AvgIpc) is 3.34. The lowest BCUT2D eigenvalue weighted by Gasteiger charge is -2.19. The van der Waals surface area contributed by atoms with Gasteiger partial charge in [-0.1, -0.05) is 157 Å². The predicted octanol–water partition coefficient (Wildman–Crippen LogP) is 12.5. The number of rotatable bonds is 3. The van der Waals surface area contributed by atoms with Crippen LogP contribution in [0.5, 0.6) is 0 Å². The van der Waals surface area contributed by atoms with Gasteiger partial charge in [0.25, 0.3) is 0 Å². The molecule has 0 N–H and O–H groups in total. The van der Waals surface area contributed by atoms with Gasteiger partial charge in [0.2, 0.25) is 0 Å². The van der Waals surface area contributed by atoms with Gasteiger partial charge in [-0.15, -0.1) is 0 Å². The van der Waals surface area contributed by atoms with Gasteiger partial charge < -0.3 is 0 Å². The smallest absolute Gasteiger partial charge is 0.0622 e. The van der Waals surface area contributed by atoms with Crippen molar-refractivity contribution in [2.45, 2.75) is 0 Å². The molecule has 0 aromatic heterocycles. The Morgan fingerprint density at radius 1 is 0.273 bits per heavy atom. The number of fused-ring (bicyclic) bond motifs is 6. The maximum absolute atomic E-state index is 9.79. The van der Waals surface area contributed by atoms with Crippen molar-refractivity contribution in [2.24, 2.45) is 0 Å². The van der Waals surface area contributed by atoms with E-state index in [1.54, 1.807) is 0 Å². The van der Waals surface area contributed by atoms with Gasteiger partial charge in [-0.25, -0.2) is 0 Å². The third-order valence-electron chi connectivity index (χ3n) is 7.12. The third kappa shape index (κ3) is 3.85. The summed E-state index contributed by atoms with van der Waals surface area (Å²) in [4.78, 5) is 0. The summed E-state index contributed by atoms with van der Waals surface area (Å²) in [6.07, 6.45) is 0. The van der Waals surface area contributed by atoms with Crippen molar-refractivity contribution in [2.75, 3.05) is 0 Å². The Labute approximate surface area is 295 Å². The fraction of sp³-hybridized carbons (Fsp3) is 0. The zero-order chi connectivity index (χ0) is 53.4. The van der Waals surface area contributed by atoms with Crippen molar-refractivity contribution < 1.29 is 38.4 Å². The molecule has 44 heavy (non-hydrogen) atoms. The number of hydrogen-bond donors (Lipinski definition) is 0. The highest BCUT2D eigenvalue weighted by Gasteiger charge is 2.18. The maximum Gasteiger partial charge on any atom is 0.0636 e. The Morgan fingerprint density at radius 3 is 1.43 bits per heavy atom. The van der Waals surface area contributed by atoms with Crippen molar-refractivity contribution in [3.63, 3.8) is 0 Å². The summed E-state index contributed by atoms with van der Waals surface area (Å²) in [5.74, 6) is 0. The molecule has 0 saturated carbocycles. The van der Waals surface area contributed by atoms with Gasteiger partial charge in [-0.3, -0.25) is 0 Å². The molecule has 0 fully saturated rings. The first-order chi connectivity index (χ1) is 33.5. The van der Waals surface area contributed by atoms with Crippen LogP contribution in [0, 0.1) is 0 Å². The lowest BCUT2D eigenvalue weighted by atomic mass is 9.84. The van der Waals surface area contributed by atoms with Crippen molar-refractivity contribution in [1.82, 2.24) is 0 Å². The van der Waals surface area contributed by atoms with Crippen molar-refractivity contribution >= 4 is 53.9 Å². The Morgan fingerprint density at radius 2 is 0.773 bits per heavy atom. The van der Waals surface area contributed by atoms with Crippen LogP contribution in [0.4, 0.5) is 0 Å². The molecule has 0 bridgehead atoms. The highest BCUT2D eigenvalue weighted by Crippen LogP contribution is 2.45. The zero-order valence-corrected chi connectivity index (χ0v) is 22.0. The molecule has 0 amide bonds. The normalized spacial score (nSPS) is 20.5. The summed E-state index contributed by atoms with van der Waals surface area (Å²) in [5, 5.41) is -6.83. The minimum Gasteiger partial charge on any atom is -0.0622 e. The average molecular weight is 585 g/mol. The second-order valence-electron chi connectivity index (χ2n) is 9.50. The Balaban J connectivity index is 1.58. The summed E-state index contributed by atoms with van der Waals surface area (Å²) >= 11 is 0. The van der Waals surface area contributed by atoms with E-state index in [0.717, 1.165) is 0 Å². The molecule has 9 rings (SSSR count). The maximum atomic E-state index is 9.79. The molecule has 0 aliphatic carbocycles. The molecule has 0 radical (unpaired) electrons. The minimum atomic E-state index is -1.05. The molecule has 0 heteroatoms. The van der Waals surface area contributed by atoms with Crippen LogP contribution in [0.3, 0.4) is 0 Å². The second kappa shape index (κ2) is 9.93. The molecule has 0 aliphatic heterocycles. The molecule has 0 nitrogen and oxygen atoms in total. The lowest BCUT2D eigenvalue weighted by Crippen LogP contribution is -1.91. The standard InChI is InChI=1S/C44H28/c1-2-11-29(12-3-1)31-23-25-36-32(27-31)21-22-33-28-34(24-26-37(33)36)43-39-16-6-8-18-41(39)44(42-19-9-7-17-40(42)43)38-20-10-14-30-13-4-5-15-35(30)38/h1-28H/i1D,2D,3D,4D,5D,6D,7D,8D,9D,10D,11D,12D,13D,14D,15D,16D,17D,18D,19D,20D,21D,22D,23D,24D,25D,26D,27D,28D. The second-order valence-corrected chi connectivity index (χ2v) is 9.50. The summed E-state index contributed by atoms with van der Waals surface area (Å²) in [5.41, 5.74) is -4.37. The van der Waals surface area contributed by atoms with Crippen LogP contribution in [0.15, 0.2) is 169 Å². The van der Waals surface area contributed by atoms with Crippen LogP contribution in [-0.4, -0.2) is 0 Å². The van der Waals surface area contributed by atoms with Crippen LogP contribution >= 0.6 is 0 Å². The first-order valence-electron chi connectivity index (χ1n) is 27.0. The number of benzene rings is 9. The quantitative estimate of drug-likeness (QED) is 0.143. The molecule has 0 unspecified atom stereocenters. The third-order valence-corrected chi connectivity index (χ3v) is 7.12. The first-order valence-corrected chi connectivity index (χ1v) is 13.0. The van der Waals surface area contributed by atoms with E-state index in [1.807, 2.05) is 0 Å². The fourth-order valence-electron chi connectivity index (χ4n) is 5.25. The molecular weight excluding hydrogens is 528 g/mol. The molecule has 9 aromatic carbocycles. The van der Waals surface area contributed by atoms with E-state index in [1.165, 1.54) is 0 Å². The van der Waals surface area contributed by atoms with E-state index in [2.05, 4.69) is 0 Å². The van der Waals surface area contributed by atoms with Crippen LogP contribution in [0.25, 0.3) is 87.2 Å². The summed E-state index contributed by atoms with van der Waals surface area (Å²) in [7, 11) is 0. The Kier molecular flexibility index (Phi) is 2.18. The van der Waals surface area contributed by atoms with Gasteiger partial charge in [0, 0.05) is 0 Å². The van der Waals surface area contributed by atoms with Gasteiger partial charge in [-0.05, 0) is 99.3 Å². The van der Waals surface area contributed by atoms with Gasteiger partial charge in [0.15, 0.2) is 0 Å². The van der Waals surface area contributed by atoms with E-state index in [0.29, 0.717) is 0 Å². The predicted molar refractivity (Wildman–Crippen MR) is 190 cm³/mol. The van der Waals surface area contributed by atoms with Gasteiger partial charge in [-0.2, -0.15) is 0 Å². The minimum absolute atomic E-state index is 0.618. The van der Waals surface area contributed by atoms with Gasteiger partial charge >= 0.3 is 0 Å². The molecule has 0 spiro atoms. The van der Waals surface area contributed by atoms with Crippen LogP contribution in [0.2, 0.25) is 0 Å². The van der Waals surface area contributed by atoms with E-state index in [4.69, 9.17) is 21.9 Å². The Bertz CT molecular complexity index is 4000. The largest absolute Gasteiger partial charge is 0.0636 e. The molecule has 0 aliphatic rings. The van der Waals surface area contributed by atoms with Crippen molar-refractivity contribution in [3.05, 3.63) is 169 Å². The Hall–Kier alpha value is -5.72. The van der Waals surface area contributed by atoms with Crippen LogP contribution < -0.4 is 0 Å². The van der Waals surface area contributed by atoms with E-state index in [9.17, 15) is 16.4 Å². The fourth-order valence-corrected chi connectivity index (χ4v) is 5.25. The van der Waals surface area contributed by atoms with E-state index >= 15 is 0 Å². The molecule has 0 atom stereocenters. The van der Waals surface area contributed by atoms with Gasteiger partial charge in [0.1, 0.15) is 0 Å². The molecule has 9 aromatic rings. The SMILES string of the molecule is [2H]c1c([2H])c([2H])c(-c2c([2H])c([2H])c3c(c2[2H])c([2H])c([2H])c2c([2H])c(-c4c5c([2H])c([2H])c([2H])c([2H])c5c(-c5c([2H])c([2H])c([2H])c6c([2H])c([2H])c([2H])c([2H])c56)c5c([2H])c([2H])c([2H])c([2H])c45)c([2H])c([2H])c23)c([2H])c1[2H]. The highest BCUT2D eigenvalue weighted by molar-refractivity contribution is 6.24. The van der Waals surface area contributed by atoms with Gasteiger partial charge in [0.05, 0.1) is 38.4 Å². The summed E-state index contributed by atoms with van der Waals surface area (Å²) in [6, 6.07) is -26.1. The lowest BCUT2D eigenvalue weighted by molar-refractivity contribution is 1.65. The van der Waals surface area contributed by atoms with Crippen LogP contribution in [-0.2, 0) is 0 Å². The van der Waals surface area contributed by atoms with E-state index in [-0.39, 0.29) is 0 Å². The van der Waals surface area contributed by atoms with Crippen LogP contribution in [0.1, 0.15) is 38.4 Å². The van der Waals surface area contributed by atoms with E-state index < -0.39 is 256 Å². The molecule has 0 heterocycles. The molecule has 0 saturated heterocycles. The van der Waals surface area contributed by atoms with Crippen molar-refractivity contribution in [3.8, 4) is 33.4 Å². The summed E-state index contributed by atoms with van der Waals surface area (Å²) in [6.45, 7) is 0. The molecular formula is C44H28. The zero-order valence-electron chi connectivity index (χ0n) is 50.0. The topological polar surface area (TPSA) is 0 Å². The number of hydrogen-bond acceptors (Lipinski definition) is 0. The monoisotopic (exact) mass is 584 g/mol. The first kappa shape index (κ1) is 9.64. The molecule has 204 valence electrons.